The first-order chi connectivity index (χ1) is 11.7. The first kappa shape index (κ1) is 15.7. The summed E-state index contributed by atoms with van der Waals surface area (Å²) >= 11 is 0. The lowest BCUT2D eigenvalue weighted by Crippen LogP contribution is -2.03. The molecule has 2 aromatic heterocycles. The third kappa shape index (κ3) is 3.24. The molecule has 0 saturated carbocycles. The maximum absolute atomic E-state index is 11.7. The Labute approximate surface area is 139 Å². The van der Waals surface area contributed by atoms with Gasteiger partial charge in [-0.25, -0.2) is 4.84 Å². The van der Waals surface area contributed by atoms with Crippen molar-refractivity contribution in [2.24, 2.45) is 7.05 Å². The highest BCUT2D eigenvalue weighted by molar-refractivity contribution is 5.70. The van der Waals surface area contributed by atoms with Gasteiger partial charge in [-0.2, -0.15) is 5.10 Å². The van der Waals surface area contributed by atoms with E-state index in [1.807, 2.05) is 31.3 Å². The van der Waals surface area contributed by atoms with Crippen LogP contribution >= 0.6 is 0 Å². The van der Waals surface area contributed by atoms with Crippen LogP contribution in [-0.2, 0) is 18.5 Å². The van der Waals surface area contributed by atoms with E-state index in [2.05, 4.69) is 10.1 Å². The predicted octanol–water partition coefficient (Wildman–Crippen LogP) is 3.03. The quantitative estimate of drug-likeness (QED) is 0.652. The van der Waals surface area contributed by atoms with Crippen LogP contribution in [0, 0.1) is 4.91 Å². The molecule has 0 aliphatic carbocycles. The topological polar surface area (TPSA) is 69.2 Å². The van der Waals surface area contributed by atoms with Crippen molar-refractivity contribution in [2.45, 2.75) is 6.61 Å². The van der Waals surface area contributed by atoms with Crippen LogP contribution in [0.25, 0.3) is 11.3 Å². The highest BCUT2D eigenvalue weighted by Crippen LogP contribution is 2.33. The fraction of sp³-hybridized carbons (Fsp3) is 0.176. The molecule has 0 spiro atoms. The van der Waals surface area contributed by atoms with Crippen LogP contribution < -0.4 is 4.74 Å². The van der Waals surface area contributed by atoms with Crippen molar-refractivity contribution in [1.29, 1.82) is 0 Å². The van der Waals surface area contributed by atoms with Gasteiger partial charge in [0.15, 0.2) is 7.11 Å². The maximum atomic E-state index is 11.7. The van der Waals surface area contributed by atoms with Crippen LogP contribution in [0.3, 0.4) is 0 Å². The number of ether oxygens (including phenoxy) is 1. The molecule has 0 aliphatic heterocycles. The summed E-state index contributed by atoms with van der Waals surface area (Å²) in [6.45, 7) is 0.330. The molecule has 0 N–H and O–H groups in total. The summed E-state index contributed by atoms with van der Waals surface area (Å²) in [6, 6.07) is 12.6. The molecule has 3 aromatic rings. The van der Waals surface area contributed by atoms with E-state index in [4.69, 9.17) is 9.57 Å². The molecule has 7 nitrogen and oxygen atoms in total. The fourth-order valence-corrected chi connectivity index (χ4v) is 2.34. The summed E-state index contributed by atoms with van der Waals surface area (Å²) in [6.07, 6.45) is 3.41. The van der Waals surface area contributed by atoms with Gasteiger partial charge in [0.2, 0.25) is 0 Å². The van der Waals surface area contributed by atoms with Gasteiger partial charge in [0.05, 0.1) is 16.3 Å². The van der Waals surface area contributed by atoms with Crippen molar-refractivity contribution in [3.05, 3.63) is 65.5 Å². The van der Waals surface area contributed by atoms with Crippen molar-refractivity contribution < 1.29 is 14.5 Å². The zero-order chi connectivity index (χ0) is 16.9. The SMILES string of the molecule is CO[N+](=O)c1ccc(OCc2ccccn2)c(-c2ccnn2C)c1. The molecular formula is C17H17N4O3+. The monoisotopic (exact) mass is 325 g/mol. The van der Waals surface area contributed by atoms with Crippen molar-refractivity contribution >= 4 is 5.69 Å². The van der Waals surface area contributed by atoms with Crippen LogP contribution in [-0.4, -0.2) is 26.8 Å². The van der Waals surface area contributed by atoms with Crippen LogP contribution in [0.15, 0.2) is 54.9 Å². The summed E-state index contributed by atoms with van der Waals surface area (Å²) in [5.74, 6) is 0.637. The van der Waals surface area contributed by atoms with Gasteiger partial charge >= 0.3 is 5.69 Å². The summed E-state index contributed by atoms with van der Waals surface area (Å²) in [4.78, 5) is 21.1. The van der Waals surface area contributed by atoms with E-state index in [9.17, 15) is 4.91 Å². The molecule has 0 bridgehead atoms. The van der Waals surface area contributed by atoms with Crippen molar-refractivity contribution in [3.63, 3.8) is 0 Å². The lowest BCUT2D eigenvalue weighted by atomic mass is 10.1. The number of benzene rings is 1. The average molecular weight is 325 g/mol. The fourth-order valence-electron chi connectivity index (χ4n) is 2.34. The number of hydrogen-bond acceptors (Lipinski definition) is 5. The second-order valence-corrected chi connectivity index (χ2v) is 5.07. The zero-order valence-electron chi connectivity index (χ0n) is 13.4. The summed E-state index contributed by atoms with van der Waals surface area (Å²) in [5.41, 5.74) is 2.78. The van der Waals surface area contributed by atoms with Crippen LogP contribution in [0.5, 0.6) is 5.75 Å². The molecule has 7 heteroatoms. The molecule has 2 heterocycles. The average Bonchev–Trinajstić information content (AvgIpc) is 3.06. The molecule has 122 valence electrons. The highest BCUT2D eigenvalue weighted by atomic mass is 16.8. The van der Waals surface area contributed by atoms with Gasteiger partial charge in [0.1, 0.15) is 12.4 Å². The smallest absolute Gasteiger partial charge is 0.317 e. The molecule has 0 saturated heterocycles. The Bertz CT molecular complexity index is 846. The molecule has 0 atom stereocenters. The molecule has 0 aliphatic rings. The Morgan fingerprint density at radius 1 is 1.17 bits per heavy atom. The normalized spacial score (nSPS) is 10.4. The maximum Gasteiger partial charge on any atom is 0.317 e. The minimum absolute atomic E-state index is 0.330. The van der Waals surface area contributed by atoms with E-state index in [0.29, 0.717) is 23.0 Å². The number of nitrogens with zero attached hydrogens (tertiary/aromatic N) is 4. The Hall–Kier alpha value is -3.22. The van der Waals surface area contributed by atoms with Crippen LogP contribution in [0.2, 0.25) is 0 Å². The molecule has 0 fully saturated rings. The van der Waals surface area contributed by atoms with Gasteiger partial charge in [-0.15, -0.1) is 0 Å². The van der Waals surface area contributed by atoms with Crippen LogP contribution in [0.1, 0.15) is 5.69 Å². The first-order valence-electron chi connectivity index (χ1n) is 7.35. The van der Waals surface area contributed by atoms with E-state index in [1.54, 1.807) is 35.3 Å². The minimum atomic E-state index is 0.330. The third-order valence-corrected chi connectivity index (χ3v) is 3.54. The zero-order valence-corrected chi connectivity index (χ0v) is 13.4. The van der Waals surface area contributed by atoms with Gasteiger partial charge in [-0.3, -0.25) is 9.67 Å². The second kappa shape index (κ2) is 6.91. The Morgan fingerprint density at radius 3 is 2.71 bits per heavy atom. The van der Waals surface area contributed by atoms with Crippen molar-refractivity contribution in [2.75, 3.05) is 7.11 Å². The molecule has 0 unspecified atom stereocenters. The lowest BCUT2D eigenvalue weighted by molar-refractivity contribution is -0.736. The number of hydrogen-bond donors (Lipinski definition) is 0. The largest absolute Gasteiger partial charge is 0.487 e. The summed E-state index contributed by atoms with van der Waals surface area (Å²) in [5, 5.41) is 4.17. The molecule has 3 rings (SSSR count). The standard InChI is InChI=1S/C17H17N4O3/c1-20-16(8-10-19-20)15-11-14(21(22)23-2)6-7-17(15)24-12-13-5-3-4-9-18-13/h3-11H,12H2,1-2H3/q+1. The number of aryl methyl sites for hydroxylation is 1. The lowest BCUT2D eigenvalue weighted by Gasteiger charge is -2.11. The molecule has 24 heavy (non-hydrogen) atoms. The van der Waals surface area contributed by atoms with Crippen LogP contribution in [0.4, 0.5) is 5.69 Å². The van der Waals surface area contributed by atoms with Gasteiger partial charge in [-0.05, 0) is 24.3 Å². The van der Waals surface area contributed by atoms with Gasteiger partial charge in [0.25, 0.3) is 4.92 Å². The van der Waals surface area contributed by atoms with E-state index in [0.717, 1.165) is 17.0 Å². The predicted molar refractivity (Wildman–Crippen MR) is 87.5 cm³/mol. The van der Waals surface area contributed by atoms with E-state index in [1.165, 1.54) is 7.11 Å². The second-order valence-electron chi connectivity index (χ2n) is 5.07. The van der Waals surface area contributed by atoms with E-state index in [-0.39, 0.29) is 0 Å². The Kier molecular flexibility index (Phi) is 4.51. The van der Waals surface area contributed by atoms with Gasteiger partial charge in [0, 0.05) is 37.1 Å². The molecular weight excluding hydrogens is 308 g/mol. The number of aromatic nitrogens is 3. The summed E-state index contributed by atoms with van der Waals surface area (Å²) in [7, 11) is 3.15. The summed E-state index contributed by atoms with van der Waals surface area (Å²) < 4.78 is 7.62. The van der Waals surface area contributed by atoms with Gasteiger partial charge in [-0.1, -0.05) is 6.07 Å². The minimum Gasteiger partial charge on any atom is -0.487 e. The molecule has 1 aromatic carbocycles. The van der Waals surface area contributed by atoms with Gasteiger partial charge < -0.3 is 4.74 Å². The van der Waals surface area contributed by atoms with E-state index < -0.39 is 0 Å². The molecule has 0 radical (unpaired) electrons. The molecule has 0 amide bonds. The first-order valence-corrected chi connectivity index (χ1v) is 7.35. The third-order valence-electron chi connectivity index (χ3n) is 3.54. The Balaban J connectivity index is 1.95. The van der Waals surface area contributed by atoms with Crippen molar-refractivity contribution in [3.8, 4) is 17.0 Å². The van der Waals surface area contributed by atoms with E-state index >= 15 is 0 Å². The number of rotatable bonds is 6. The highest BCUT2D eigenvalue weighted by Gasteiger charge is 2.20. The Morgan fingerprint density at radius 2 is 2.04 bits per heavy atom. The number of pyridine rings is 1. The van der Waals surface area contributed by atoms with Crippen molar-refractivity contribution in [1.82, 2.24) is 14.8 Å².